The number of rotatable bonds is 5. The Morgan fingerprint density at radius 2 is 2.21 bits per heavy atom. The van der Waals surface area contributed by atoms with Gasteiger partial charge in [0, 0.05) is 24.4 Å². The van der Waals surface area contributed by atoms with E-state index < -0.39 is 0 Å². The zero-order valence-electron chi connectivity index (χ0n) is 11.9. The number of nitrogens with one attached hydrogen (secondary N) is 1. The van der Waals surface area contributed by atoms with Gasteiger partial charge in [0.2, 0.25) is 0 Å². The molecule has 1 N–H and O–H groups in total. The second-order valence-corrected chi connectivity index (χ2v) is 6.28. The average molecular weight is 326 g/mol. The lowest BCUT2D eigenvalue weighted by Gasteiger charge is -2.19. The third kappa shape index (κ3) is 5.96. The molecule has 1 fully saturated rings. The summed E-state index contributed by atoms with van der Waals surface area (Å²) in [7, 11) is 2.20. The molecular weight excluding hydrogens is 301 g/mol. The van der Waals surface area contributed by atoms with Crippen LogP contribution in [0, 0.1) is 5.92 Å². The smallest absolute Gasteiger partial charge is 0.0954 e. The normalized spacial score (nSPS) is 18.5. The van der Waals surface area contributed by atoms with Crippen LogP contribution in [0.1, 0.15) is 36.9 Å². The summed E-state index contributed by atoms with van der Waals surface area (Å²) >= 11 is 1.79. The molecule has 0 aliphatic carbocycles. The molecule has 1 unspecified atom stereocenters. The number of thiazole rings is 1. The minimum absolute atomic E-state index is 0. The number of hydrogen-bond acceptors (Lipinski definition) is 4. The van der Waals surface area contributed by atoms with Crippen LogP contribution in [0.3, 0.4) is 0 Å². The number of aromatic nitrogens is 1. The molecule has 1 aromatic rings. The van der Waals surface area contributed by atoms with Crippen LogP contribution in [-0.2, 0) is 6.54 Å². The summed E-state index contributed by atoms with van der Waals surface area (Å²) in [6.07, 6.45) is 1.32. The molecule has 1 aromatic heterocycles. The van der Waals surface area contributed by atoms with Gasteiger partial charge in [-0.1, -0.05) is 13.8 Å². The van der Waals surface area contributed by atoms with Crippen molar-refractivity contribution in [2.24, 2.45) is 5.92 Å². The Morgan fingerprint density at radius 1 is 1.47 bits per heavy atom. The molecule has 1 aliphatic heterocycles. The summed E-state index contributed by atoms with van der Waals surface area (Å²) in [5, 5.41) is 6.89. The van der Waals surface area contributed by atoms with Crippen LogP contribution in [0.4, 0.5) is 0 Å². The van der Waals surface area contributed by atoms with Crippen LogP contribution in [0.2, 0.25) is 0 Å². The van der Waals surface area contributed by atoms with Crippen LogP contribution >= 0.6 is 36.2 Å². The highest BCUT2D eigenvalue weighted by Crippen LogP contribution is 2.20. The van der Waals surface area contributed by atoms with Gasteiger partial charge in [-0.3, -0.25) is 0 Å². The summed E-state index contributed by atoms with van der Waals surface area (Å²) in [5.74, 6) is 1.38. The van der Waals surface area contributed by atoms with E-state index in [0.29, 0.717) is 5.92 Å². The summed E-state index contributed by atoms with van der Waals surface area (Å²) in [6, 6.07) is 0. The molecule has 0 radical (unpaired) electrons. The Labute approximate surface area is 133 Å². The van der Waals surface area contributed by atoms with Crippen molar-refractivity contribution in [1.29, 1.82) is 0 Å². The lowest BCUT2D eigenvalue weighted by Crippen LogP contribution is -2.26. The standard InChI is InChI=1S/C13H23N3S.2ClH/c1-10(2)13-15-12(9-17-13)8-16(3)7-11-4-5-14-6-11;;/h9-11,14H,4-8H2,1-3H3;2*1H. The van der Waals surface area contributed by atoms with Gasteiger partial charge in [-0.2, -0.15) is 0 Å². The van der Waals surface area contributed by atoms with Crippen molar-refractivity contribution in [3.63, 3.8) is 0 Å². The predicted octanol–water partition coefficient (Wildman–Crippen LogP) is 3.15. The molecule has 2 heterocycles. The lowest BCUT2D eigenvalue weighted by molar-refractivity contribution is 0.276. The van der Waals surface area contributed by atoms with E-state index in [0.717, 1.165) is 12.5 Å². The zero-order chi connectivity index (χ0) is 12.3. The molecule has 0 saturated carbocycles. The first kappa shape index (κ1) is 19.1. The summed E-state index contributed by atoms with van der Waals surface area (Å²) < 4.78 is 0. The fraction of sp³-hybridized carbons (Fsp3) is 0.769. The molecule has 2 rings (SSSR count). The fourth-order valence-corrected chi connectivity index (χ4v) is 3.14. The quantitative estimate of drug-likeness (QED) is 0.901. The Balaban J connectivity index is 0.00000162. The second kappa shape index (κ2) is 9.14. The maximum Gasteiger partial charge on any atom is 0.0954 e. The van der Waals surface area contributed by atoms with Gasteiger partial charge in [0.15, 0.2) is 0 Å². The average Bonchev–Trinajstić information content (AvgIpc) is 2.88. The molecular formula is C13H25Cl2N3S. The third-order valence-electron chi connectivity index (χ3n) is 3.23. The Hall–Kier alpha value is 0.130. The van der Waals surface area contributed by atoms with Gasteiger partial charge in [0.05, 0.1) is 10.7 Å². The van der Waals surface area contributed by atoms with Crippen molar-refractivity contribution in [1.82, 2.24) is 15.2 Å². The van der Waals surface area contributed by atoms with E-state index >= 15 is 0 Å². The highest BCUT2D eigenvalue weighted by atomic mass is 35.5. The van der Waals surface area contributed by atoms with E-state index in [2.05, 4.69) is 41.5 Å². The first-order valence-electron chi connectivity index (χ1n) is 6.48. The van der Waals surface area contributed by atoms with Gasteiger partial charge >= 0.3 is 0 Å². The second-order valence-electron chi connectivity index (χ2n) is 5.39. The van der Waals surface area contributed by atoms with Crippen LogP contribution < -0.4 is 5.32 Å². The topological polar surface area (TPSA) is 28.2 Å². The number of halogens is 2. The van der Waals surface area contributed by atoms with Gasteiger partial charge in [-0.05, 0) is 32.5 Å². The molecule has 0 amide bonds. The van der Waals surface area contributed by atoms with Crippen molar-refractivity contribution >= 4 is 36.2 Å². The van der Waals surface area contributed by atoms with Gasteiger partial charge in [0.25, 0.3) is 0 Å². The maximum atomic E-state index is 4.69. The third-order valence-corrected chi connectivity index (χ3v) is 4.42. The first-order chi connectivity index (χ1) is 8.15. The first-order valence-corrected chi connectivity index (χ1v) is 7.36. The van der Waals surface area contributed by atoms with E-state index in [9.17, 15) is 0 Å². The maximum absolute atomic E-state index is 4.69. The van der Waals surface area contributed by atoms with Gasteiger partial charge in [-0.25, -0.2) is 4.98 Å². The number of nitrogens with zero attached hydrogens (tertiary/aromatic N) is 2. The molecule has 19 heavy (non-hydrogen) atoms. The van der Waals surface area contributed by atoms with E-state index in [1.54, 1.807) is 11.3 Å². The van der Waals surface area contributed by atoms with Gasteiger partial charge < -0.3 is 10.2 Å². The highest BCUT2D eigenvalue weighted by molar-refractivity contribution is 7.09. The van der Waals surface area contributed by atoms with Crippen molar-refractivity contribution < 1.29 is 0 Å². The molecule has 1 aliphatic rings. The molecule has 3 nitrogen and oxygen atoms in total. The largest absolute Gasteiger partial charge is 0.316 e. The van der Waals surface area contributed by atoms with Gasteiger partial charge in [-0.15, -0.1) is 36.2 Å². The van der Waals surface area contributed by atoms with Crippen molar-refractivity contribution in [3.05, 3.63) is 16.1 Å². The summed E-state index contributed by atoms with van der Waals surface area (Å²) in [5.41, 5.74) is 1.23. The Bertz CT molecular complexity index is 351. The summed E-state index contributed by atoms with van der Waals surface area (Å²) in [6.45, 7) is 8.94. The molecule has 1 atom stereocenters. The Kier molecular flexibility index (Phi) is 9.20. The van der Waals surface area contributed by atoms with Crippen molar-refractivity contribution in [3.8, 4) is 0 Å². The van der Waals surface area contributed by atoms with E-state index in [4.69, 9.17) is 0 Å². The fourth-order valence-electron chi connectivity index (χ4n) is 2.31. The van der Waals surface area contributed by atoms with Gasteiger partial charge in [0.1, 0.15) is 0 Å². The molecule has 0 aromatic carbocycles. The van der Waals surface area contributed by atoms with Crippen LogP contribution in [0.15, 0.2) is 5.38 Å². The monoisotopic (exact) mass is 325 g/mol. The minimum Gasteiger partial charge on any atom is -0.316 e. The summed E-state index contributed by atoms with van der Waals surface area (Å²) in [4.78, 5) is 7.09. The molecule has 0 bridgehead atoms. The highest BCUT2D eigenvalue weighted by Gasteiger charge is 2.17. The predicted molar refractivity (Wildman–Crippen MR) is 88.0 cm³/mol. The van der Waals surface area contributed by atoms with E-state index in [1.807, 2.05) is 0 Å². The molecule has 1 saturated heterocycles. The molecule has 0 spiro atoms. The minimum atomic E-state index is 0. The lowest BCUT2D eigenvalue weighted by atomic mass is 10.1. The van der Waals surface area contributed by atoms with Crippen LogP contribution in [-0.4, -0.2) is 36.6 Å². The SMILES string of the molecule is CC(C)c1nc(CN(C)CC2CCNC2)cs1.Cl.Cl. The van der Waals surface area contributed by atoms with Crippen LogP contribution in [0.25, 0.3) is 0 Å². The molecule has 6 heteroatoms. The van der Waals surface area contributed by atoms with E-state index in [-0.39, 0.29) is 24.8 Å². The molecule has 112 valence electrons. The number of hydrogen-bond donors (Lipinski definition) is 1. The zero-order valence-corrected chi connectivity index (χ0v) is 14.3. The van der Waals surface area contributed by atoms with Crippen molar-refractivity contribution in [2.45, 2.75) is 32.7 Å². The van der Waals surface area contributed by atoms with Crippen molar-refractivity contribution in [2.75, 3.05) is 26.7 Å². The Morgan fingerprint density at radius 3 is 2.74 bits per heavy atom. The van der Waals surface area contributed by atoms with E-state index in [1.165, 1.54) is 36.8 Å². The van der Waals surface area contributed by atoms with Crippen LogP contribution in [0.5, 0.6) is 0 Å².